The first kappa shape index (κ1) is 20.5. The third kappa shape index (κ3) is 4.07. The van der Waals surface area contributed by atoms with Gasteiger partial charge in [0.05, 0.1) is 17.6 Å². The molecule has 1 amide bonds. The lowest BCUT2D eigenvalue weighted by molar-refractivity contribution is -0.127. The van der Waals surface area contributed by atoms with E-state index in [0.29, 0.717) is 19.6 Å². The molecule has 5 heteroatoms. The Labute approximate surface area is 178 Å². The zero-order chi connectivity index (χ0) is 21.3. The van der Waals surface area contributed by atoms with Crippen LogP contribution in [0.4, 0.5) is 0 Å². The Morgan fingerprint density at radius 2 is 1.83 bits per heavy atom. The van der Waals surface area contributed by atoms with Gasteiger partial charge in [0.25, 0.3) is 0 Å². The maximum absolute atomic E-state index is 12.3. The molecule has 1 saturated heterocycles. The second-order valence-electron chi connectivity index (χ2n) is 9.07. The molecule has 0 saturated carbocycles. The fourth-order valence-electron chi connectivity index (χ4n) is 4.20. The van der Waals surface area contributed by atoms with Crippen LogP contribution in [-0.2, 0) is 16.8 Å². The van der Waals surface area contributed by atoms with Crippen molar-refractivity contribution in [2.45, 2.75) is 52.0 Å². The van der Waals surface area contributed by atoms with Crippen LogP contribution >= 0.6 is 0 Å². The van der Waals surface area contributed by atoms with Crippen LogP contribution in [0.1, 0.15) is 51.4 Å². The van der Waals surface area contributed by atoms with Gasteiger partial charge < -0.3 is 14.2 Å². The largest absolute Gasteiger partial charge is 0.492 e. The van der Waals surface area contributed by atoms with E-state index in [1.54, 1.807) is 0 Å². The summed E-state index contributed by atoms with van der Waals surface area (Å²) >= 11 is 0. The van der Waals surface area contributed by atoms with E-state index in [4.69, 9.17) is 9.72 Å². The standard InChI is InChI=1S/C25H31N3O2/c1-5-27-17-18(16-23(27)29)24-26-21-8-6-7-9-22(21)28(24)14-15-30-20-12-10-19(11-13-20)25(2,3)4/h6-13,18H,5,14-17H2,1-4H3. The smallest absolute Gasteiger partial charge is 0.223 e. The van der Waals surface area contributed by atoms with Gasteiger partial charge in [-0.15, -0.1) is 0 Å². The second kappa shape index (κ2) is 8.13. The molecule has 158 valence electrons. The number of carbonyl (C=O) groups is 1. The van der Waals surface area contributed by atoms with Gasteiger partial charge in [-0.25, -0.2) is 4.98 Å². The molecule has 1 fully saturated rings. The Kier molecular flexibility index (Phi) is 5.54. The number of nitrogens with zero attached hydrogens (tertiary/aromatic N) is 3. The lowest BCUT2D eigenvalue weighted by atomic mass is 9.87. The van der Waals surface area contributed by atoms with Crippen molar-refractivity contribution in [1.29, 1.82) is 0 Å². The van der Waals surface area contributed by atoms with E-state index in [9.17, 15) is 4.79 Å². The third-order valence-electron chi connectivity index (χ3n) is 5.95. The fourth-order valence-corrected chi connectivity index (χ4v) is 4.20. The van der Waals surface area contributed by atoms with Gasteiger partial charge >= 0.3 is 0 Å². The Balaban J connectivity index is 1.51. The van der Waals surface area contributed by atoms with E-state index in [0.717, 1.165) is 35.7 Å². The van der Waals surface area contributed by atoms with Gasteiger partial charge in [0.1, 0.15) is 18.2 Å². The topological polar surface area (TPSA) is 47.4 Å². The number of likely N-dealkylation sites (N-methyl/N-ethyl adjacent to an activating group) is 1. The number of carbonyl (C=O) groups excluding carboxylic acids is 1. The summed E-state index contributed by atoms with van der Waals surface area (Å²) in [6, 6.07) is 16.5. The maximum Gasteiger partial charge on any atom is 0.223 e. The molecule has 5 nitrogen and oxygen atoms in total. The first-order valence-electron chi connectivity index (χ1n) is 10.8. The molecule has 0 spiro atoms. The second-order valence-corrected chi connectivity index (χ2v) is 9.07. The molecule has 2 aromatic carbocycles. The van der Waals surface area contributed by atoms with Gasteiger partial charge in [0.2, 0.25) is 5.91 Å². The van der Waals surface area contributed by atoms with E-state index in [1.807, 2.05) is 42.2 Å². The molecule has 1 atom stereocenters. The molecule has 30 heavy (non-hydrogen) atoms. The number of benzene rings is 2. The van der Waals surface area contributed by atoms with Gasteiger partial charge in [-0.1, -0.05) is 45.0 Å². The van der Waals surface area contributed by atoms with Crippen molar-refractivity contribution in [2.24, 2.45) is 0 Å². The van der Waals surface area contributed by atoms with Crippen LogP contribution in [0.15, 0.2) is 48.5 Å². The van der Waals surface area contributed by atoms with Gasteiger partial charge in [-0.05, 0) is 42.2 Å². The van der Waals surface area contributed by atoms with Crippen LogP contribution < -0.4 is 4.74 Å². The van der Waals surface area contributed by atoms with E-state index in [2.05, 4.69) is 43.5 Å². The fraction of sp³-hybridized carbons (Fsp3) is 0.440. The number of hydrogen-bond acceptors (Lipinski definition) is 3. The van der Waals surface area contributed by atoms with Crippen molar-refractivity contribution in [2.75, 3.05) is 19.7 Å². The highest BCUT2D eigenvalue weighted by atomic mass is 16.5. The molecule has 1 aliphatic heterocycles. The zero-order valence-corrected chi connectivity index (χ0v) is 18.4. The molecule has 2 heterocycles. The van der Waals surface area contributed by atoms with E-state index in [1.165, 1.54) is 5.56 Å². The first-order valence-corrected chi connectivity index (χ1v) is 10.8. The third-order valence-corrected chi connectivity index (χ3v) is 5.95. The number of fused-ring (bicyclic) bond motifs is 1. The number of hydrogen-bond donors (Lipinski definition) is 0. The molecular weight excluding hydrogens is 374 g/mol. The Bertz CT molecular complexity index is 1030. The van der Waals surface area contributed by atoms with E-state index in [-0.39, 0.29) is 17.2 Å². The molecule has 1 aliphatic rings. The summed E-state index contributed by atoms with van der Waals surface area (Å²) < 4.78 is 8.28. The molecule has 0 aliphatic carbocycles. The summed E-state index contributed by atoms with van der Waals surface area (Å²) in [5.74, 6) is 2.22. The average molecular weight is 406 g/mol. The van der Waals surface area contributed by atoms with Crippen molar-refractivity contribution in [3.63, 3.8) is 0 Å². The van der Waals surface area contributed by atoms with Crippen LogP contribution in [-0.4, -0.2) is 40.1 Å². The normalized spacial score (nSPS) is 17.1. The number of amides is 1. The molecular formula is C25H31N3O2. The van der Waals surface area contributed by atoms with Crippen LogP contribution in [0.5, 0.6) is 5.75 Å². The minimum absolute atomic E-state index is 0.133. The quantitative estimate of drug-likeness (QED) is 0.595. The highest BCUT2D eigenvalue weighted by Gasteiger charge is 2.33. The van der Waals surface area contributed by atoms with Crippen molar-refractivity contribution in [3.8, 4) is 5.75 Å². The van der Waals surface area contributed by atoms with Crippen LogP contribution in [0.25, 0.3) is 11.0 Å². The number of ether oxygens (including phenoxy) is 1. The SMILES string of the molecule is CCN1CC(c2nc3ccccc3n2CCOc2ccc(C(C)(C)C)cc2)CC1=O. The first-order chi connectivity index (χ1) is 14.4. The Morgan fingerprint density at radius 3 is 2.50 bits per heavy atom. The van der Waals surface area contributed by atoms with Gasteiger partial charge in [-0.2, -0.15) is 0 Å². The molecule has 3 aromatic rings. The van der Waals surface area contributed by atoms with Crippen molar-refractivity contribution in [3.05, 3.63) is 59.9 Å². The number of imidazole rings is 1. The summed E-state index contributed by atoms with van der Waals surface area (Å²) in [7, 11) is 0. The summed E-state index contributed by atoms with van der Waals surface area (Å²) in [6.07, 6.45) is 0.534. The lowest BCUT2D eigenvalue weighted by Crippen LogP contribution is -2.24. The van der Waals surface area contributed by atoms with Crippen molar-refractivity contribution in [1.82, 2.24) is 14.5 Å². The summed E-state index contributed by atoms with van der Waals surface area (Å²) in [5.41, 5.74) is 3.50. The molecule has 1 unspecified atom stereocenters. The number of aromatic nitrogens is 2. The number of rotatable bonds is 6. The van der Waals surface area contributed by atoms with Gasteiger partial charge in [0.15, 0.2) is 0 Å². The van der Waals surface area contributed by atoms with Gasteiger partial charge in [0, 0.05) is 25.4 Å². The molecule has 4 rings (SSSR count). The monoisotopic (exact) mass is 405 g/mol. The lowest BCUT2D eigenvalue weighted by Gasteiger charge is -2.19. The predicted molar refractivity (Wildman–Crippen MR) is 120 cm³/mol. The highest BCUT2D eigenvalue weighted by molar-refractivity contribution is 5.80. The Hall–Kier alpha value is -2.82. The minimum Gasteiger partial charge on any atom is -0.492 e. The van der Waals surface area contributed by atoms with E-state index >= 15 is 0 Å². The molecule has 0 radical (unpaired) electrons. The van der Waals surface area contributed by atoms with Crippen LogP contribution in [0, 0.1) is 0 Å². The number of para-hydroxylation sites is 2. The zero-order valence-electron chi connectivity index (χ0n) is 18.4. The molecule has 1 aromatic heterocycles. The molecule has 0 bridgehead atoms. The van der Waals surface area contributed by atoms with Crippen LogP contribution in [0.2, 0.25) is 0 Å². The summed E-state index contributed by atoms with van der Waals surface area (Å²) in [4.78, 5) is 19.1. The van der Waals surface area contributed by atoms with Crippen LogP contribution in [0.3, 0.4) is 0 Å². The van der Waals surface area contributed by atoms with Crippen molar-refractivity contribution < 1.29 is 9.53 Å². The highest BCUT2D eigenvalue weighted by Crippen LogP contribution is 2.30. The van der Waals surface area contributed by atoms with Gasteiger partial charge in [-0.3, -0.25) is 4.79 Å². The molecule has 0 N–H and O–H groups in total. The number of likely N-dealkylation sites (tertiary alicyclic amines) is 1. The average Bonchev–Trinajstić information content (AvgIpc) is 3.28. The Morgan fingerprint density at radius 1 is 1.10 bits per heavy atom. The maximum atomic E-state index is 12.3. The van der Waals surface area contributed by atoms with E-state index < -0.39 is 0 Å². The predicted octanol–water partition coefficient (Wildman–Crippen LogP) is 4.75. The van der Waals surface area contributed by atoms with Crippen molar-refractivity contribution >= 4 is 16.9 Å². The summed E-state index contributed by atoms with van der Waals surface area (Å²) in [6.45, 7) is 11.4. The summed E-state index contributed by atoms with van der Waals surface area (Å²) in [5, 5.41) is 0. The minimum atomic E-state index is 0.133.